The summed E-state index contributed by atoms with van der Waals surface area (Å²) in [6, 6.07) is 18.2. The fraction of sp³-hybridized carbons (Fsp3) is 0.440. The van der Waals surface area contributed by atoms with Gasteiger partial charge in [-0.15, -0.1) is 0 Å². The summed E-state index contributed by atoms with van der Waals surface area (Å²) in [5.41, 5.74) is 2.56. The average molecular weight is 406 g/mol. The number of rotatable bonds is 8. The Hall–Kier alpha value is -2.66. The van der Waals surface area contributed by atoms with Crippen molar-refractivity contribution >= 4 is 17.5 Å². The third-order valence-electron chi connectivity index (χ3n) is 6.09. The maximum Gasteiger partial charge on any atom is 0.253 e. The highest BCUT2D eigenvalue weighted by atomic mass is 16.2. The number of amides is 2. The molecule has 1 saturated heterocycles. The Morgan fingerprint density at radius 2 is 1.60 bits per heavy atom. The number of benzene rings is 2. The summed E-state index contributed by atoms with van der Waals surface area (Å²) in [7, 11) is 0. The Balaban J connectivity index is 1.21. The zero-order valence-electron chi connectivity index (χ0n) is 17.5. The van der Waals surface area contributed by atoms with Crippen LogP contribution in [0.4, 0.5) is 5.69 Å². The zero-order chi connectivity index (χ0) is 20.8. The van der Waals surface area contributed by atoms with E-state index in [1.54, 1.807) is 12.1 Å². The molecule has 2 fully saturated rings. The van der Waals surface area contributed by atoms with Gasteiger partial charge in [-0.05, 0) is 68.8 Å². The quantitative estimate of drug-likeness (QED) is 0.701. The minimum atomic E-state index is -0.103. The Bertz CT molecular complexity index is 856. The van der Waals surface area contributed by atoms with Gasteiger partial charge in [0.25, 0.3) is 5.91 Å². The highest BCUT2D eigenvalue weighted by Crippen LogP contribution is 2.23. The summed E-state index contributed by atoms with van der Waals surface area (Å²) < 4.78 is 0. The molecule has 0 spiro atoms. The highest BCUT2D eigenvalue weighted by Gasteiger charge is 2.25. The molecule has 1 heterocycles. The van der Waals surface area contributed by atoms with Crippen molar-refractivity contribution in [1.29, 1.82) is 0 Å². The first-order chi connectivity index (χ1) is 14.7. The van der Waals surface area contributed by atoms with Gasteiger partial charge in [-0.25, -0.2) is 0 Å². The molecule has 5 nitrogen and oxygen atoms in total. The van der Waals surface area contributed by atoms with E-state index in [1.807, 2.05) is 12.1 Å². The lowest BCUT2D eigenvalue weighted by atomic mass is 9.90. The van der Waals surface area contributed by atoms with Gasteiger partial charge in [-0.1, -0.05) is 42.5 Å². The largest absolute Gasteiger partial charge is 0.349 e. The van der Waals surface area contributed by atoms with Gasteiger partial charge < -0.3 is 15.5 Å². The summed E-state index contributed by atoms with van der Waals surface area (Å²) in [5, 5.41) is 5.93. The number of hydrogen-bond donors (Lipinski definition) is 2. The van der Waals surface area contributed by atoms with E-state index in [1.165, 1.54) is 18.4 Å². The van der Waals surface area contributed by atoms with E-state index in [0.29, 0.717) is 23.7 Å². The van der Waals surface area contributed by atoms with E-state index < -0.39 is 0 Å². The minimum absolute atomic E-state index is 0.0342. The highest BCUT2D eigenvalue weighted by molar-refractivity contribution is 6.03. The summed E-state index contributed by atoms with van der Waals surface area (Å²) in [6.45, 7) is 2.86. The van der Waals surface area contributed by atoms with Gasteiger partial charge in [0.1, 0.15) is 0 Å². The first-order valence-corrected chi connectivity index (χ1v) is 11.1. The molecule has 0 aromatic heterocycles. The molecule has 1 aliphatic carbocycles. The van der Waals surface area contributed by atoms with Crippen LogP contribution in [0, 0.1) is 5.92 Å². The Kier molecular flexibility index (Phi) is 6.80. The van der Waals surface area contributed by atoms with Crippen molar-refractivity contribution in [2.45, 2.75) is 44.6 Å². The molecule has 1 aliphatic heterocycles. The standard InChI is InChI=1S/C25H31N3O2/c29-24(27-23-9-5-4-8-22(23)25(30)26-21-10-11-21)14-17-28-15-12-20(13-16-28)18-19-6-2-1-3-7-19/h1-9,20-21H,10-18H2,(H,26,30)(H,27,29). The molecular formula is C25H31N3O2. The second-order valence-electron chi connectivity index (χ2n) is 8.57. The van der Waals surface area contributed by atoms with Gasteiger partial charge in [0.15, 0.2) is 0 Å². The van der Waals surface area contributed by atoms with Crippen molar-refractivity contribution in [1.82, 2.24) is 10.2 Å². The Morgan fingerprint density at radius 3 is 2.33 bits per heavy atom. The fourth-order valence-electron chi connectivity index (χ4n) is 4.11. The number of carbonyl (C=O) groups excluding carboxylic acids is 2. The molecule has 4 rings (SSSR count). The van der Waals surface area contributed by atoms with Crippen LogP contribution in [0.25, 0.3) is 0 Å². The number of hydrogen-bond acceptors (Lipinski definition) is 3. The van der Waals surface area contributed by atoms with Crippen LogP contribution < -0.4 is 10.6 Å². The van der Waals surface area contributed by atoms with Gasteiger partial charge in [0, 0.05) is 19.0 Å². The lowest BCUT2D eigenvalue weighted by molar-refractivity contribution is -0.116. The van der Waals surface area contributed by atoms with Gasteiger partial charge in [-0.3, -0.25) is 9.59 Å². The summed E-state index contributed by atoms with van der Waals surface area (Å²) in [5.74, 6) is 0.594. The van der Waals surface area contributed by atoms with E-state index in [-0.39, 0.29) is 11.8 Å². The second kappa shape index (κ2) is 9.90. The molecule has 0 atom stereocenters. The van der Waals surface area contributed by atoms with E-state index >= 15 is 0 Å². The summed E-state index contributed by atoms with van der Waals surface area (Å²) in [6.07, 6.45) is 6.04. The normalized spacial score (nSPS) is 17.5. The van der Waals surface area contributed by atoms with E-state index in [2.05, 4.69) is 45.9 Å². The van der Waals surface area contributed by atoms with E-state index in [4.69, 9.17) is 0 Å². The number of nitrogens with zero attached hydrogens (tertiary/aromatic N) is 1. The molecule has 2 aromatic carbocycles. The monoisotopic (exact) mass is 405 g/mol. The average Bonchev–Trinajstić information content (AvgIpc) is 3.58. The van der Waals surface area contributed by atoms with Crippen molar-refractivity contribution in [2.24, 2.45) is 5.92 Å². The second-order valence-corrected chi connectivity index (χ2v) is 8.57. The van der Waals surface area contributed by atoms with E-state index in [0.717, 1.165) is 44.8 Å². The third-order valence-corrected chi connectivity index (χ3v) is 6.09. The van der Waals surface area contributed by atoms with Crippen molar-refractivity contribution in [2.75, 3.05) is 25.0 Å². The van der Waals surface area contributed by atoms with Crippen LogP contribution in [-0.4, -0.2) is 42.4 Å². The van der Waals surface area contributed by atoms with Crippen LogP contribution in [0.3, 0.4) is 0 Å². The zero-order valence-corrected chi connectivity index (χ0v) is 17.5. The maximum atomic E-state index is 12.5. The summed E-state index contributed by atoms with van der Waals surface area (Å²) >= 11 is 0. The molecule has 0 bridgehead atoms. The van der Waals surface area contributed by atoms with Crippen LogP contribution in [0.2, 0.25) is 0 Å². The number of nitrogens with one attached hydrogen (secondary N) is 2. The van der Waals surface area contributed by atoms with Gasteiger partial charge in [0.05, 0.1) is 11.3 Å². The number of piperidine rings is 1. The Labute approximate surface area is 178 Å². The molecule has 158 valence electrons. The first kappa shape index (κ1) is 20.6. The molecule has 5 heteroatoms. The van der Waals surface area contributed by atoms with Crippen LogP contribution in [0.1, 0.15) is 48.0 Å². The molecule has 2 N–H and O–H groups in total. The minimum Gasteiger partial charge on any atom is -0.349 e. The van der Waals surface area contributed by atoms with E-state index in [9.17, 15) is 9.59 Å². The maximum absolute atomic E-state index is 12.5. The molecule has 30 heavy (non-hydrogen) atoms. The van der Waals surface area contributed by atoms with Gasteiger partial charge >= 0.3 is 0 Å². The number of likely N-dealkylation sites (tertiary alicyclic amines) is 1. The van der Waals surface area contributed by atoms with Crippen molar-refractivity contribution in [3.05, 3.63) is 65.7 Å². The Morgan fingerprint density at radius 1 is 0.900 bits per heavy atom. The van der Waals surface area contributed by atoms with Crippen molar-refractivity contribution in [3.63, 3.8) is 0 Å². The SMILES string of the molecule is O=C(CCN1CCC(Cc2ccccc2)CC1)Nc1ccccc1C(=O)NC1CC1. The lowest BCUT2D eigenvalue weighted by Crippen LogP contribution is -2.36. The molecule has 2 aromatic rings. The molecule has 0 radical (unpaired) electrons. The third kappa shape index (κ3) is 5.92. The van der Waals surface area contributed by atoms with Crippen LogP contribution in [-0.2, 0) is 11.2 Å². The van der Waals surface area contributed by atoms with Crippen molar-refractivity contribution in [3.8, 4) is 0 Å². The first-order valence-electron chi connectivity index (χ1n) is 11.1. The fourth-order valence-corrected chi connectivity index (χ4v) is 4.11. The van der Waals surface area contributed by atoms with Gasteiger partial charge in [0.2, 0.25) is 5.91 Å². The van der Waals surface area contributed by atoms with Crippen molar-refractivity contribution < 1.29 is 9.59 Å². The number of carbonyl (C=O) groups is 2. The van der Waals surface area contributed by atoms with Crippen LogP contribution >= 0.6 is 0 Å². The number of para-hydroxylation sites is 1. The molecule has 2 amide bonds. The summed E-state index contributed by atoms with van der Waals surface area (Å²) in [4.78, 5) is 27.3. The van der Waals surface area contributed by atoms with Crippen LogP contribution in [0.15, 0.2) is 54.6 Å². The lowest BCUT2D eigenvalue weighted by Gasteiger charge is -2.31. The predicted octanol–water partition coefficient (Wildman–Crippen LogP) is 3.86. The molecule has 0 unspecified atom stereocenters. The smallest absolute Gasteiger partial charge is 0.253 e. The predicted molar refractivity (Wildman–Crippen MR) is 119 cm³/mol. The van der Waals surface area contributed by atoms with Crippen LogP contribution in [0.5, 0.6) is 0 Å². The van der Waals surface area contributed by atoms with Gasteiger partial charge in [-0.2, -0.15) is 0 Å². The molecule has 1 saturated carbocycles. The number of anilines is 1. The topological polar surface area (TPSA) is 61.4 Å². The molecular weight excluding hydrogens is 374 g/mol. The molecule has 2 aliphatic rings.